The van der Waals surface area contributed by atoms with E-state index in [0.29, 0.717) is 6.42 Å². The lowest BCUT2D eigenvalue weighted by Gasteiger charge is -2.42. The Morgan fingerprint density at radius 2 is 1.68 bits per heavy atom. The highest BCUT2D eigenvalue weighted by Gasteiger charge is 2.50. The van der Waals surface area contributed by atoms with Gasteiger partial charge in [0.1, 0.15) is 6.04 Å². The van der Waals surface area contributed by atoms with E-state index in [-0.39, 0.29) is 24.0 Å². The Hall–Kier alpha value is -2.12. The molecule has 7 nitrogen and oxygen atoms in total. The minimum absolute atomic E-state index is 0.102. The van der Waals surface area contributed by atoms with E-state index in [1.165, 1.54) is 4.90 Å². The van der Waals surface area contributed by atoms with Crippen LogP contribution in [0.1, 0.15) is 79.7 Å². The molecular formula is C27H45N3O4. The summed E-state index contributed by atoms with van der Waals surface area (Å²) < 4.78 is 0. The normalized spacial score (nSPS) is 20.8. The van der Waals surface area contributed by atoms with Crippen molar-refractivity contribution in [1.29, 1.82) is 0 Å². The molecule has 1 aliphatic heterocycles. The SMILES string of the molecule is CCCC(CCC)N1C(=O)[C@H]([C@@H](O)[C@H](Cc2ccccc2)N(C(=O)O)C(C)(C)C)NC1C(C)C. The first-order valence-corrected chi connectivity index (χ1v) is 12.8. The van der Waals surface area contributed by atoms with Gasteiger partial charge in [-0.15, -0.1) is 0 Å². The fourth-order valence-corrected chi connectivity index (χ4v) is 5.26. The number of amides is 2. The van der Waals surface area contributed by atoms with Crippen LogP contribution in [0.25, 0.3) is 0 Å². The summed E-state index contributed by atoms with van der Waals surface area (Å²) in [5, 5.41) is 25.2. The molecule has 1 heterocycles. The van der Waals surface area contributed by atoms with E-state index in [4.69, 9.17) is 0 Å². The first-order valence-electron chi connectivity index (χ1n) is 12.8. The third-order valence-corrected chi connectivity index (χ3v) is 6.72. The molecule has 4 atom stereocenters. The molecule has 3 N–H and O–H groups in total. The summed E-state index contributed by atoms with van der Waals surface area (Å²) in [6, 6.07) is 8.01. The summed E-state index contributed by atoms with van der Waals surface area (Å²) in [5.41, 5.74) is 0.164. The zero-order valence-corrected chi connectivity index (χ0v) is 22.0. The summed E-state index contributed by atoms with van der Waals surface area (Å²) in [7, 11) is 0. The summed E-state index contributed by atoms with van der Waals surface area (Å²) in [6.45, 7) is 13.8. The average Bonchev–Trinajstić information content (AvgIpc) is 3.09. The van der Waals surface area contributed by atoms with E-state index in [1.807, 2.05) is 56.0 Å². The van der Waals surface area contributed by atoms with Crippen LogP contribution in [0, 0.1) is 5.92 Å². The number of carbonyl (C=O) groups is 2. The molecule has 34 heavy (non-hydrogen) atoms. The lowest BCUT2D eigenvalue weighted by molar-refractivity contribution is -0.136. The molecule has 1 aromatic rings. The molecule has 1 fully saturated rings. The van der Waals surface area contributed by atoms with Crippen molar-refractivity contribution in [2.75, 3.05) is 0 Å². The molecule has 1 unspecified atom stereocenters. The van der Waals surface area contributed by atoms with E-state index in [9.17, 15) is 19.8 Å². The van der Waals surface area contributed by atoms with Crippen molar-refractivity contribution >= 4 is 12.0 Å². The Kier molecular flexibility index (Phi) is 9.95. The summed E-state index contributed by atoms with van der Waals surface area (Å²) in [6.07, 6.45) is 1.58. The minimum Gasteiger partial charge on any atom is -0.465 e. The van der Waals surface area contributed by atoms with Crippen LogP contribution in [0.2, 0.25) is 0 Å². The lowest BCUT2D eigenvalue weighted by atomic mass is 9.91. The first-order chi connectivity index (χ1) is 15.9. The molecular weight excluding hydrogens is 430 g/mol. The van der Waals surface area contributed by atoms with E-state index in [1.54, 1.807) is 0 Å². The predicted molar refractivity (Wildman–Crippen MR) is 136 cm³/mol. The van der Waals surface area contributed by atoms with Gasteiger partial charge in [0, 0.05) is 11.6 Å². The number of aliphatic hydroxyl groups is 1. The minimum atomic E-state index is -1.20. The summed E-state index contributed by atoms with van der Waals surface area (Å²) >= 11 is 0. The fraction of sp³-hybridized carbons (Fsp3) is 0.704. The van der Waals surface area contributed by atoms with Crippen molar-refractivity contribution in [3.63, 3.8) is 0 Å². The maximum atomic E-state index is 13.8. The molecule has 1 aromatic carbocycles. The van der Waals surface area contributed by atoms with Gasteiger partial charge in [-0.25, -0.2) is 4.79 Å². The van der Waals surface area contributed by atoms with Gasteiger partial charge in [-0.3, -0.25) is 15.0 Å². The molecule has 0 aromatic heterocycles. The molecule has 0 radical (unpaired) electrons. The number of aliphatic hydroxyl groups excluding tert-OH is 1. The number of nitrogens with one attached hydrogen (secondary N) is 1. The Bertz CT molecular complexity index is 787. The van der Waals surface area contributed by atoms with E-state index < -0.39 is 29.8 Å². The van der Waals surface area contributed by atoms with E-state index in [0.717, 1.165) is 31.2 Å². The summed E-state index contributed by atoms with van der Waals surface area (Å²) in [4.78, 5) is 29.4. The predicted octanol–water partition coefficient (Wildman–Crippen LogP) is 4.49. The average molecular weight is 476 g/mol. The van der Waals surface area contributed by atoms with Gasteiger partial charge in [0.2, 0.25) is 5.91 Å². The van der Waals surface area contributed by atoms with Crippen molar-refractivity contribution in [3.05, 3.63) is 35.9 Å². The Morgan fingerprint density at radius 3 is 2.12 bits per heavy atom. The van der Waals surface area contributed by atoms with Gasteiger partial charge in [-0.05, 0) is 51.5 Å². The number of carboxylic acid groups (broad SMARTS) is 1. The number of rotatable bonds is 11. The van der Waals surface area contributed by atoms with Gasteiger partial charge in [-0.2, -0.15) is 0 Å². The van der Waals surface area contributed by atoms with Crippen LogP contribution >= 0.6 is 0 Å². The lowest BCUT2D eigenvalue weighted by Crippen LogP contribution is -2.61. The van der Waals surface area contributed by atoms with Gasteiger partial charge >= 0.3 is 6.09 Å². The number of carbonyl (C=O) groups excluding carboxylic acids is 1. The van der Waals surface area contributed by atoms with Crippen molar-refractivity contribution in [1.82, 2.24) is 15.1 Å². The quantitative estimate of drug-likeness (QED) is 0.439. The zero-order valence-electron chi connectivity index (χ0n) is 22.0. The summed E-state index contributed by atoms with van der Waals surface area (Å²) in [5.74, 6) is 0.0264. The molecule has 0 aliphatic carbocycles. The smallest absolute Gasteiger partial charge is 0.408 e. The molecule has 0 spiro atoms. The molecule has 1 saturated heterocycles. The van der Waals surface area contributed by atoms with Gasteiger partial charge in [0.15, 0.2) is 0 Å². The van der Waals surface area contributed by atoms with Crippen molar-refractivity contribution in [2.24, 2.45) is 5.92 Å². The third kappa shape index (κ3) is 6.51. The van der Waals surface area contributed by atoms with Gasteiger partial charge in [0.05, 0.1) is 18.3 Å². The second kappa shape index (κ2) is 12.0. The monoisotopic (exact) mass is 475 g/mol. The van der Waals surface area contributed by atoms with Crippen LogP contribution in [-0.2, 0) is 11.2 Å². The van der Waals surface area contributed by atoms with Crippen LogP contribution in [0.3, 0.4) is 0 Å². The van der Waals surface area contributed by atoms with Crippen LogP contribution in [0.15, 0.2) is 30.3 Å². The molecule has 1 aliphatic rings. The van der Waals surface area contributed by atoms with Crippen LogP contribution in [0.5, 0.6) is 0 Å². The molecule has 192 valence electrons. The van der Waals surface area contributed by atoms with E-state index >= 15 is 0 Å². The van der Waals surface area contributed by atoms with Gasteiger partial charge < -0.3 is 15.1 Å². The second-order valence-electron chi connectivity index (χ2n) is 10.9. The second-order valence-corrected chi connectivity index (χ2v) is 10.9. The molecule has 0 saturated carbocycles. The first kappa shape index (κ1) is 28.1. The maximum absolute atomic E-state index is 13.8. The van der Waals surface area contributed by atoms with Crippen LogP contribution in [-0.4, -0.2) is 67.9 Å². The molecule has 0 bridgehead atoms. The fourth-order valence-electron chi connectivity index (χ4n) is 5.26. The topological polar surface area (TPSA) is 93.1 Å². The van der Waals surface area contributed by atoms with Crippen molar-refractivity contribution < 1.29 is 19.8 Å². The molecule has 2 rings (SSSR count). The third-order valence-electron chi connectivity index (χ3n) is 6.72. The number of benzene rings is 1. The van der Waals surface area contributed by atoms with Gasteiger partial charge in [-0.1, -0.05) is 70.9 Å². The Morgan fingerprint density at radius 1 is 1.12 bits per heavy atom. The molecule has 2 amide bonds. The van der Waals surface area contributed by atoms with Crippen molar-refractivity contribution in [3.8, 4) is 0 Å². The zero-order chi connectivity index (χ0) is 25.6. The van der Waals surface area contributed by atoms with Crippen LogP contribution < -0.4 is 5.32 Å². The highest BCUT2D eigenvalue weighted by molar-refractivity contribution is 5.85. The highest BCUT2D eigenvalue weighted by atomic mass is 16.4. The largest absolute Gasteiger partial charge is 0.465 e. The van der Waals surface area contributed by atoms with E-state index in [2.05, 4.69) is 33.0 Å². The van der Waals surface area contributed by atoms with Crippen LogP contribution in [0.4, 0.5) is 4.79 Å². The Balaban J connectivity index is 2.47. The Labute approximate surface area is 205 Å². The van der Waals surface area contributed by atoms with Gasteiger partial charge in [0.25, 0.3) is 0 Å². The number of hydrogen-bond acceptors (Lipinski definition) is 4. The number of hydrogen-bond donors (Lipinski definition) is 3. The standard InChI is InChI=1S/C27H45N3O4/c1-8-13-20(14-9-2)29-24(18(3)4)28-22(25(29)32)23(31)21(17-19-15-11-10-12-16-19)30(26(33)34)27(5,6)7/h10-12,15-16,18,20-24,28,31H,8-9,13-14,17H2,1-7H3,(H,33,34)/t21-,22-,23-,24?/m0/s1. The number of nitrogens with zero attached hydrogens (tertiary/aromatic N) is 2. The maximum Gasteiger partial charge on any atom is 0.408 e. The molecule has 7 heteroatoms. The van der Waals surface area contributed by atoms with Crippen molar-refractivity contribution in [2.45, 2.75) is 117 Å². The highest BCUT2D eigenvalue weighted by Crippen LogP contribution is 2.30.